The first-order valence-corrected chi connectivity index (χ1v) is 5.44. The van der Waals surface area contributed by atoms with E-state index in [-0.39, 0.29) is 22.9 Å². The van der Waals surface area contributed by atoms with Crippen LogP contribution in [0.5, 0.6) is 0 Å². The number of H-pyrrole nitrogens is 1. The van der Waals surface area contributed by atoms with Gasteiger partial charge in [-0.3, -0.25) is 9.59 Å². The second-order valence-corrected chi connectivity index (χ2v) is 4.13. The molecule has 1 fully saturated rings. The summed E-state index contributed by atoms with van der Waals surface area (Å²) in [6.45, 7) is 1.00. The molecule has 2 rings (SSSR count). The first kappa shape index (κ1) is 11.8. The van der Waals surface area contributed by atoms with E-state index in [2.05, 4.69) is 10.3 Å². The molecule has 1 aromatic heterocycles. The molecule has 0 saturated carbocycles. The Morgan fingerprint density at radius 3 is 2.88 bits per heavy atom. The Bertz CT molecular complexity index is 471. The third-order valence-corrected chi connectivity index (χ3v) is 3.02. The zero-order valence-electron chi connectivity index (χ0n) is 9.51. The lowest BCUT2D eigenvalue weighted by Crippen LogP contribution is -2.45. The number of hydrogen-bond acceptors (Lipinski definition) is 4. The predicted molar refractivity (Wildman–Crippen MR) is 61.8 cm³/mol. The quantitative estimate of drug-likeness (QED) is 0.602. The number of aromatic amines is 1. The summed E-state index contributed by atoms with van der Waals surface area (Å²) in [6, 6.07) is 1.02. The molecule has 6 heteroatoms. The molecule has 92 valence electrons. The van der Waals surface area contributed by atoms with Crippen LogP contribution in [0.15, 0.2) is 23.3 Å². The SMILES string of the molecule is CN(C(=O)c1c[nH]ccc1=O)[C@@H]1CNC[C@H]1O. The van der Waals surface area contributed by atoms with Gasteiger partial charge in [0.2, 0.25) is 0 Å². The number of likely N-dealkylation sites (N-methyl/N-ethyl adjacent to an activating group) is 1. The molecule has 3 N–H and O–H groups in total. The zero-order chi connectivity index (χ0) is 12.4. The summed E-state index contributed by atoms with van der Waals surface area (Å²) in [5, 5.41) is 12.7. The smallest absolute Gasteiger partial charge is 0.259 e. The lowest BCUT2D eigenvalue weighted by molar-refractivity contribution is 0.0579. The van der Waals surface area contributed by atoms with Crippen LogP contribution < -0.4 is 10.7 Å². The molecule has 2 atom stereocenters. The van der Waals surface area contributed by atoms with E-state index in [0.717, 1.165) is 0 Å². The normalized spacial score (nSPS) is 23.6. The molecule has 0 spiro atoms. The molecule has 6 nitrogen and oxygen atoms in total. The van der Waals surface area contributed by atoms with Crippen molar-refractivity contribution in [2.75, 3.05) is 20.1 Å². The van der Waals surface area contributed by atoms with E-state index in [1.54, 1.807) is 7.05 Å². The van der Waals surface area contributed by atoms with Gasteiger partial charge in [0.1, 0.15) is 5.56 Å². The highest BCUT2D eigenvalue weighted by atomic mass is 16.3. The van der Waals surface area contributed by atoms with E-state index in [1.807, 2.05) is 0 Å². The number of aliphatic hydroxyl groups excluding tert-OH is 1. The van der Waals surface area contributed by atoms with Crippen molar-refractivity contribution in [2.24, 2.45) is 0 Å². The van der Waals surface area contributed by atoms with Crippen molar-refractivity contribution in [3.05, 3.63) is 34.2 Å². The van der Waals surface area contributed by atoms with Crippen molar-refractivity contribution in [3.8, 4) is 0 Å². The number of hydrogen-bond donors (Lipinski definition) is 3. The Labute approximate surface area is 98.3 Å². The number of rotatable bonds is 2. The maximum absolute atomic E-state index is 12.1. The summed E-state index contributed by atoms with van der Waals surface area (Å²) in [5.41, 5.74) is -0.227. The summed E-state index contributed by atoms with van der Waals surface area (Å²) < 4.78 is 0. The molecule has 0 unspecified atom stereocenters. The lowest BCUT2D eigenvalue weighted by Gasteiger charge is -2.26. The van der Waals surface area contributed by atoms with Crippen LogP contribution in [0, 0.1) is 0 Å². The Morgan fingerprint density at radius 2 is 2.29 bits per heavy atom. The maximum Gasteiger partial charge on any atom is 0.259 e. The number of aromatic nitrogens is 1. The molecule has 0 radical (unpaired) electrons. The maximum atomic E-state index is 12.1. The number of nitrogens with one attached hydrogen (secondary N) is 2. The van der Waals surface area contributed by atoms with Crippen molar-refractivity contribution >= 4 is 5.91 Å². The number of aliphatic hydroxyl groups is 1. The minimum absolute atomic E-state index is 0.0918. The van der Waals surface area contributed by atoms with Crippen LogP contribution in [0.4, 0.5) is 0 Å². The molecule has 1 aliphatic heterocycles. The van der Waals surface area contributed by atoms with E-state index >= 15 is 0 Å². The van der Waals surface area contributed by atoms with Crippen LogP contribution in [-0.4, -0.2) is 53.2 Å². The molecule has 0 aliphatic carbocycles. The third-order valence-electron chi connectivity index (χ3n) is 3.02. The molecular formula is C11H15N3O3. The van der Waals surface area contributed by atoms with Gasteiger partial charge in [0.15, 0.2) is 5.43 Å². The fourth-order valence-corrected chi connectivity index (χ4v) is 1.97. The van der Waals surface area contributed by atoms with Crippen molar-refractivity contribution in [1.29, 1.82) is 0 Å². The highest BCUT2D eigenvalue weighted by Gasteiger charge is 2.32. The van der Waals surface area contributed by atoms with Crippen molar-refractivity contribution in [3.63, 3.8) is 0 Å². The summed E-state index contributed by atoms with van der Waals surface area (Å²) in [6.07, 6.45) is 2.27. The summed E-state index contributed by atoms with van der Waals surface area (Å²) in [7, 11) is 1.59. The average molecular weight is 237 g/mol. The second-order valence-electron chi connectivity index (χ2n) is 4.13. The Hall–Kier alpha value is -1.66. The van der Waals surface area contributed by atoms with Crippen LogP contribution in [-0.2, 0) is 0 Å². The van der Waals surface area contributed by atoms with E-state index in [0.29, 0.717) is 13.1 Å². The highest BCUT2D eigenvalue weighted by molar-refractivity contribution is 5.93. The lowest BCUT2D eigenvalue weighted by atomic mass is 10.1. The largest absolute Gasteiger partial charge is 0.390 e. The van der Waals surface area contributed by atoms with Crippen LogP contribution in [0.3, 0.4) is 0 Å². The van der Waals surface area contributed by atoms with Gasteiger partial charge in [0.25, 0.3) is 5.91 Å². The van der Waals surface area contributed by atoms with Gasteiger partial charge < -0.3 is 20.3 Å². The molecule has 1 aliphatic rings. The van der Waals surface area contributed by atoms with Gasteiger partial charge in [-0.15, -0.1) is 0 Å². The first-order valence-electron chi connectivity index (χ1n) is 5.44. The standard InChI is InChI=1S/C11H15N3O3/c1-14(8-5-13-6-10(8)16)11(17)7-4-12-3-2-9(7)15/h2-4,8,10,13,16H,5-6H2,1H3,(H,12,15)/t8-,10-/m1/s1. The summed E-state index contributed by atoms with van der Waals surface area (Å²) in [4.78, 5) is 27.7. The van der Waals surface area contributed by atoms with Crippen LogP contribution >= 0.6 is 0 Å². The molecule has 0 aromatic carbocycles. The number of pyridine rings is 1. The fourth-order valence-electron chi connectivity index (χ4n) is 1.97. The first-order chi connectivity index (χ1) is 8.11. The van der Waals surface area contributed by atoms with Gasteiger partial charge in [-0.05, 0) is 0 Å². The van der Waals surface area contributed by atoms with Crippen molar-refractivity contribution < 1.29 is 9.90 Å². The minimum atomic E-state index is -0.591. The van der Waals surface area contributed by atoms with Gasteiger partial charge in [-0.25, -0.2) is 0 Å². The summed E-state index contributed by atoms with van der Waals surface area (Å²) in [5.74, 6) is -0.375. The average Bonchev–Trinajstić information content (AvgIpc) is 2.74. The minimum Gasteiger partial charge on any atom is -0.390 e. The molecular weight excluding hydrogens is 222 g/mol. The number of nitrogens with zero attached hydrogens (tertiary/aromatic N) is 1. The molecule has 17 heavy (non-hydrogen) atoms. The second kappa shape index (κ2) is 4.68. The fraction of sp³-hybridized carbons (Fsp3) is 0.455. The van der Waals surface area contributed by atoms with Gasteiger partial charge in [0, 0.05) is 38.6 Å². The number of amides is 1. The Balaban J connectivity index is 2.20. The van der Waals surface area contributed by atoms with Gasteiger partial charge in [-0.2, -0.15) is 0 Å². The molecule has 2 heterocycles. The monoisotopic (exact) mass is 237 g/mol. The Morgan fingerprint density at radius 1 is 1.53 bits per heavy atom. The van der Waals surface area contributed by atoms with Crippen LogP contribution in [0.2, 0.25) is 0 Å². The van der Waals surface area contributed by atoms with E-state index in [9.17, 15) is 14.7 Å². The molecule has 1 aromatic rings. The zero-order valence-corrected chi connectivity index (χ0v) is 9.51. The van der Waals surface area contributed by atoms with E-state index in [1.165, 1.54) is 23.4 Å². The van der Waals surface area contributed by atoms with Crippen molar-refractivity contribution in [2.45, 2.75) is 12.1 Å². The van der Waals surface area contributed by atoms with Gasteiger partial charge in [-0.1, -0.05) is 0 Å². The van der Waals surface area contributed by atoms with Gasteiger partial charge in [0.05, 0.1) is 12.1 Å². The van der Waals surface area contributed by atoms with E-state index < -0.39 is 6.10 Å². The predicted octanol–water partition coefficient (Wildman–Crippen LogP) is -1.22. The molecule has 0 bridgehead atoms. The molecule has 1 amide bonds. The van der Waals surface area contributed by atoms with Crippen LogP contribution in [0.1, 0.15) is 10.4 Å². The number of β-amino-alcohol motifs (C(OH)–C–C–N with tert-alkyl or cyclic N) is 1. The van der Waals surface area contributed by atoms with Crippen molar-refractivity contribution in [1.82, 2.24) is 15.2 Å². The Kier molecular flexibility index (Phi) is 3.26. The van der Waals surface area contributed by atoms with E-state index in [4.69, 9.17) is 0 Å². The number of carbonyl (C=O) groups is 1. The highest BCUT2D eigenvalue weighted by Crippen LogP contribution is 2.09. The van der Waals surface area contributed by atoms with Crippen LogP contribution in [0.25, 0.3) is 0 Å². The summed E-state index contributed by atoms with van der Waals surface area (Å²) >= 11 is 0. The number of carbonyl (C=O) groups excluding carboxylic acids is 1. The molecule has 1 saturated heterocycles. The topological polar surface area (TPSA) is 85.4 Å². The third kappa shape index (κ3) is 2.22. The van der Waals surface area contributed by atoms with Gasteiger partial charge >= 0.3 is 0 Å².